The Morgan fingerprint density at radius 3 is 2.23 bits per heavy atom. The zero-order valence-corrected chi connectivity index (χ0v) is 16.2. The van der Waals surface area contributed by atoms with Gasteiger partial charge in [0.25, 0.3) is 11.6 Å². The minimum atomic E-state index is -4.84. The molecule has 0 aliphatic rings. The number of benzene rings is 3. The number of nitro benzene ring substituents is 1. The summed E-state index contributed by atoms with van der Waals surface area (Å²) in [4.78, 5) is 22.9. The van der Waals surface area contributed by atoms with Gasteiger partial charge in [-0.25, -0.2) is 0 Å². The maximum atomic E-state index is 13.0. The van der Waals surface area contributed by atoms with Crippen LogP contribution in [0.1, 0.15) is 11.1 Å². The smallest absolute Gasteiger partial charge is 0.322 e. The van der Waals surface area contributed by atoms with Crippen molar-refractivity contribution >= 4 is 39.2 Å². The number of anilines is 1. The van der Waals surface area contributed by atoms with Crippen molar-refractivity contribution < 1.29 is 22.0 Å². The summed E-state index contributed by atoms with van der Waals surface area (Å²) in [7, 11) is -4.84. The third kappa shape index (κ3) is 5.15. The lowest BCUT2D eigenvalue weighted by atomic mass is 10.0. The maximum absolute atomic E-state index is 13.0. The number of nitrogens with one attached hydrogen (secondary N) is 1. The first-order valence-electron chi connectivity index (χ1n) is 8.62. The van der Waals surface area contributed by atoms with E-state index < -0.39 is 25.9 Å². The van der Waals surface area contributed by atoms with E-state index in [0.717, 1.165) is 12.1 Å². The van der Waals surface area contributed by atoms with E-state index in [1.807, 2.05) is 0 Å². The van der Waals surface area contributed by atoms with E-state index in [2.05, 4.69) is 5.32 Å². The zero-order chi connectivity index (χ0) is 21.7. The summed E-state index contributed by atoms with van der Waals surface area (Å²) in [6.07, 6.45) is 1.51. The van der Waals surface area contributed by atoms with Crippen molar-refractivity contribution in [3.8, 4) is 0 Å². The minimum Gasteiger partial charge on any atom is -0.322 e. The molecule has 0 heterocycles. The fourth-order valence-electron chi connectivity index (χ4n) is 2.69. The predicted octanol–water partition coefficient (Wildman–Crippen LogP) is 4.43. The highest BCUT2D eigenvalue weighted by Gasteiger charge is 2.15. The van der Waals surface area contributed by atoms with Crippen LogP contribution in [-0.4, -0.2) is 19.2 Å². The van der Waals surface area contributed by atoms with Crippen LogP contribution >= 0.6 is 0 Å². The van der Waals surface area contributed by atoms with Crippen LogP contribution in [0.4, 0.5) is 15.3 Å². The molecule has 3 aromatic carbocycles. The van der Waals surface area contributed by atoms with Crippen molar-refractivity contribution in [1.82, 2.24) is 0 Å². The fourth-order valence-corrected chi connectivity index (χ4v) is 3.15. The number of nitro groups is 1. The molecular formula is C21H15FN2O5S. The summed E-state index contributed by atoms with van der Waals surface area (Å²) in [6.45, 7) is 0. The van der Waals surface area contributed by atoms with Crippen LogP contribution < -0.4 is 5.32 Å². The molecule has 0 aromatic heterocycles. The second-order valence-electron chi connectivity index (χ2n) is 6.19. The summed E-state index contributed by atoms with van der Waals surface area (Å²) >= 11 is 0. The Balaban J connectivity index is 1.96. The van der Waals surface area contributed by atoms with E-state index in [1.54, 1.807) is 36.4 Å². The molecule has 0 radical (unpaired) electrons. The zero-order valence-electron chi connectivity index (χ0n) is 15.4. The quantitative estimate of drug-likeness (QED) is 0.206. The lowest BCUT2D eigenvalue weighted by Crippen LogP contribution is -2.13. The highest BCUT2D eigenvalue weighted by Crippen LogP contribution is 2.23. The van der Waals surface area contributed by atoms with Crippen molar-refractivity contribution in [1.29, 1.82) is 0 Å². The van der Waals surface area contributed by atoms with Gasteiger partial charge >= 0.3 is 10.2 Å². The summed E-state index contributed by atoms with van der Waals surface area (Å²) in [5.74, 6) is -0.524. The van der Waals surface area contributed by atoms with Gasteiger partial charge in [0.2, 0.25) is 0 Å². The molecule has 0 spiro atoms. The van der Waals surface area contributed by atoms with E-state index in [4.69, 9.17) is 0 Å². The number of carbonyl (C=O) groups is 1. The van der Waals surface area contributed by atoms with Gasteiger partial charge < -0.3 is 5.32 Å². The molecule has 152 valence electrons. The van der Waals surface area contributed by atoms with E-state index >= 15 is 0 Å². The van der Waals surface area contributed by atoms with Crippen molar-refractivity contribution in [2.75, 3.05) is 5.32 Å². The van der Waals surface area contributed by atoms with E-state index in [0.29, 0.717) is 11.1 Å². The Bertz CT molecular complexity index is 1220. The first kappa shape index (κ1) is 20.9. The summed E-state index contributed by atoms with van der Waals surface area (Å²) < 4.78 is 34.9. The van der Waals surface area contributed by atoms with Gasteiger partial charge in [-0.1, -0.05) is 42.5 Å². The lowest BCUT2D eigenvalue weighted by molar-refractivity contribution is -0.384. The maximum Gasteiger partial charge on any atom is 0.332 e. The third-order valence-corrected chi connectivity index (χ3v) is 4.95. The molecule has 0 unspecified atom stereocenters. The number of nitrogens with zero attached hydrogens (tertiary/aromatic N) is 1. The van der Waals surface area contributed by atoms with Crippen molar-refractivity contribution in [2.24, 2.45) is 0 Å². The summed E-state index contributed by atoms with van der Waals surface area (Å²) in [5.41, 5.74) is 1.41. The molecule has 3 rings (SSSR count). The average Bonchev–Trinajstić information content (AvgIpc) is 2.72. The molecule has 1 N–H and O–H groups in total. The molecule has 0 aliphatic heterocycles. The van der Waals surface area contributed by atoms with Gasteiger partial charge in [-0.15, -0.1) is 3.89 Å². The number of non-ortho nitro benzene ring substituents is 1. The topological polar surface area (TPSA) is 106 Å². The van der Waals surface area contributed by atoms with Gasteiger partial charge in [-0.3, -0.25) is 14.9 Å². The Hall–Kier alpha value is -3.85. The number of halogens is 1. The second-order valence-corrected chi connectivity index (χ2v) is 7.54. The fraction of sp³-hybridized carbons (Fsp3) is 0. The van der Waals surface area contributed by atoms with Gasteiger partial charge in [0, 0.05) is 23.4 Å². The Labute approximate surface area is 171 Å². The molecule has 0 atom stereocenters. The lowest BCUT2D eigenvalue weighted by Gasteiger charge is -2.10. The van der Waals surface area contributed by atoms with Gasteiger partial charge in [0.15, 0.2) is 0 Å². The second kappa shape index (κ2) is 8.66. The molecule has 0 saturated heterocycles. The molecule has 0 saturated carbocycles. The van der Waals surface area contributed by atoms with Crippen LogP contribution in [0.15, 0.2) is 83.8 Å². The third-order valence-electron chi connectivity index (χ3n) is 4.12. The Morgan fingerprint density at radius 1 is 0.967 bits per heavy atom. The van der Waals surface area contributed by atoms with Crippen LogP contribution in [0.2, 0.25) is 0 Å². The predicted molar refractivity (Wildman–Crippen MR) is 111 cm³/mol. The van der Waals surface area contributed by atoms with Crippen LogP contribution in [-0.2, 0) is 15.0 Å². The Kier molecular flexibility index (Phi) is 6.03. The number of carbonyl (C=O) groups excluding carboxylic acids is 1. The molecule has 1 amide bonds. The number of rotatable bonds is 6. The van der Waals surface area contributed by atoms with Crippen LogP contribution in [0.25, 0.3) is 11.6 Å². The number of amides is 1. The first-order chi connectivity index (χ1) is 14.2. The van der Waals surface area contributed by atoms with E-state index in [9.17, 15) is 27.2 Å². The molecule has 0 aliphatic carbocycles. The Morgan fingerprint density at radius 2 is 1.63 bits per heavy atom. The first-order valence-corrected chi connectivity index (χ1v) is 10.00. The van der Waals surface area contributed by atoms with E-state index in [1.165, 1.54) is 36.4 Å². The standard InChI is InChI=1S/C21H15FN2O5S/c22-30(28,29)19-11-9-17(10-12-19)23-21(25)20(16-6-2-1-3-7-16)14-15-5-4-8-18(13-15)24(26)27/h1-14H,(H,23,25)/b20-14+. The van der Waals surface area contributed by atoms with Crippen molar-refractivity contribution in [3.05, 3.63) is 100 Å². The summed E-state index contributed by atoms with van der Waals surface area (Å²) in [6, 6.07) is 19.1. The van der Waals surface area contributed by atoms with Crippen molar-refractivity contribution in [2.45, 2.75) is 4.90 Å². The van der Waals surface area contributed by atoms with Crippen LogP contribution in [0.5, 0.6) is 0 Å². The van der Waals surface area contributed by atoms with Gasteiger partial charge in [-0.05, 0) is 41.5 Å². The van der Waals surface area contributed by atoms with Crippen LogP contribution in [0.3, 0.4) is 0 Å². The largest absolute Gasteiger partial charge is 0.332 e. The van der Waals surface area contributed by atoms with Gasteiger partial charge in [0.05, 0.1) is 9.82 Å². The number of hydrogen-bond donors (Lipinski definition) is 1. The minimum absolute atomic E-state index is 0.111. The van der Waals surface area contributed by atoms with Crippen LogP contribution in [0, 0.1) is 10.1 Å². The highest BCUT2D eigenvalue weighted by atomic mass is 32.3. The normalized spacial score (nSPS) is 11.7. The van der Waals surface area contributed by atoms with Crippen molar-refractivity contribution in [3.63, 3.8) is 0 Å². The molecule has 7 nitrogen and oxygen atoms in total. The van der Waals surface area contributed by atoms with E-state index in [-0.39, 0.29) is 16.9 Å². The molecule has 9 heteroatoms. The molecule has 30 heavy (non-hydrogen) atoms. The summed E-state index contributed by atoms with van der Waals surface area (Å²) in [5, 5.41) is 13.6. The van der Waals surface area contributed by atoms with Gasteiger partial charge in [0.1, 0.15) is 0 Å². The molecule has 0 bridgehead atoms. The highest BCUT2D eigenvalue weighted by molar-refractivity contribution is 7.86. The average molecular weight is 426 g/mol. The molecule has 0 fully saturated rings. The number of hydrogen-bond acceptors (Lipinski definition) is 5. The molecular weight excluding hydrogens is 411 g/mol. The SMILES string of the molecule is O=C(Nc1ccc(S(=O)(=O)F)cc1)/C(=C/c1cccc([N+](=O)[O-])c1)c1ccccc1. The van der Waals surface area contributed by atoms with Gasteiger partial charge in [-0.2, -0.15) is 8.42 Å². The monoisotopic (exact) mass is 426 g/mol. The molecule has 3 aromatic rings.